The van der Waals surface area contributed by atoms with Crippen LogP contribution in [-0.2, 0) is 11.2 Å². The van der Waals surface area contributed by atoms with Crippen LogP contribution < -0.4 is 5.73 Å². The van der Waals surface area contributed by atoms with Gasteiger partial charge in [0.05, 0.1) is 0 Å². The SMILES string of the molecule is NC(=O)CCCCCCCCCCCc1cccnc1. The van der Waals surface area contributed by atoms with Crippen LogP contribution in [0.3, 0.4) is 0 Å². The highest BCUT2D eigenvalue weighted by molar-refractivity contribution is 5.73. The van der Waals surface area contributed by atoms with E-state index in [1.165, 1.54) is 50.5 Å². The standard InChI is InChI=1S/C17H28N2O/c18-17(20)13-9-7-5-3-1-2-4-6-8-11-16-12-10-14-19-15-16/h10,12,14-15H,1-9,11,13H2,(H2,18,20). The summed E-state index contributed by atoms with van der Waals surface area (Å²) in [6, 6.07) is 4.16. The number of amides is 1. The minimum absolute atomic E-state index is 0.168. The molecular weight excluding hydrogens is 248 g/mol. The summed E-state index contributed by atoms with van der Waals surface area (Å²) in [4.78, 5) is 14.7. The Hall–Kier alpha value is -1.38. The molecule has 20 heavy (non-hydrogen) atoms. The predicted molar refractivity (Wildman–Crippen MR) is 83.3 cm³/mol. The highest BCUT2D eigenvalue weighted by Crippen LogP contribution is 2.12. The molecule has 3 nitrogen and oxygen atoms in total. The third-order valence-corrected chi connectivity index (χ3v) is 3.61. The van der Waals surface area contributed by atoms with Crippen LogP contribution in [0.4, 0.5) is 0 Å². The van der Waals surface area contributed by atoms with Crippen LogP contribution in [0.25, 0.3) is 0 Å². The fraction of sp³-hybridized carbons (Fsp3) is 0.647. The van der Waals surface area contributed by atoms with E-state index in [0.717, 1.165) is 19.3 Å². The van der Waals surface area contributed by atoms with Gasteiger partial charge < -0.3 is 5.73 Å². The lowest BCUT2D eigenvalue weighted by molar-refractivity contribution is -0.118. The van der Waals surface area contributed by atoms with Crippen molar-refractivity contribution in [2.75, 3.05) is 0 Å². The number of primary amides is 1. The maximum absolute atomic E-state index is 10.6. The molecule has 0 spiro atoms. The minimum atomic E-state index is -0.168. The van der Waals surface area contributed by atoms with Gasteiger partial charge in [0, 0.05) is 18.8 Å². The average Bonchev–Trinajstić information content (AvgIpc) is 2.45. The number of carbonyl (C=O) groups excluding carboxylic acids is 1. The van der Waals surface area contributed by atoms with Gasteiger partial charge in [0.1, 0.15) is 0 Å². The number of aromatic nitrogens is 1. The number of hydrogen-bond acceptors (Lipinski definition) is 2. The maximum atomic E-state index is 10.6. The fourth-order valence-corrected chi connectivity index (χ4v) is 2.41. The van der Waals surface area contributed by atoms with Gasteiger partial charge in [-0.15, -0.1) is 0 Å². The zero-order chi connectivity index (χ0) is 14.5. The second-order valence-electron chi connectivity index (χ2n) is 5.51. The van der Waals surface area contributed by atoms with Crippen LogP contribution in [0.5, 0.6) is 0 Å². The molecule has 1 rings (SSSR count). The summed E-state index contributed by atoms with van der Waals surface area (Å²) >= 11 is 0. The van der Waals surface area contributed by atoms with Gasteiger partial charge in [0.25, 0.3) is 0 Å². The van der Waals surface area contributed by atoms with Crippen LogP contribution in [0.2, 0.25) is 0 Å². The Labute approximate surface area is 123 Å². The van der Waals surface area contributed by atoms with Crippen molar-refractivity contribution < 1.29 is 4.79 Å². The van der Waals surface area contributed by atoms with Gasteiger partial charge in [-0.1, -0.05) is 51.0 Å². The summed E-state index contributed by atoms with van der Waals surface area (Å²) in [7, 11) is 0. The topological polar surface area (TPSA) is 56.0 Å². The third-order valence-electron chi connectivity index (χ3n) is 3.61. The molecule has 1 aromatic rings. The Morgan fingerprint density at radius 2 is 1.55 bits per heavy atom. The van der Waals surface area contributed by atoms with Crippen molar-refractivity contribution in [2.45, 2.75) is 70.6 Å². The molecule has 0 aliphatic heterocycles. The molecule has 0 aliphatic carbocycles. The van der Waals surface area contributed by atoms with Crippen LogP contribution >= 0.6 is 0 Å². The zero-order valence-corrected chi connectivity index (χ0v) is 12.5. The molecule has 0 radical (unpaired) electrons. The second kappa shape index (κ2) is 11.4. The summed E-state index contributed by atoms with van der Waals surface area (Å²) in [5.74, 6) is -0.168. The predicted octanol–water partition coefficient (Wildman–Crippen LogP) is 4.01. The first kappa shape index (κ1) is 16.7. The van der Waals surface area contributed by atoms with Crippen molar-refractivity contribution in [1.82, 2.24) is 4.98 Å². The minimum Gasteiger partial charge on any atom is -0.370 e. The van der Waals surface area contributed by atoms with Gasteiger partial charge in [0.15, 0.2) is 0 Å². The Bertz CT molecular complexity index is 351. The van der Waals surface area contributed by atoms with Crippen LogP contribution in [-0.4, -0.2) is 10.9 Å². The van der Waals surface area contributed by atoms with E-state index in [2.05, 4.69) is 11.1 Å². The molecule has 0 saturated heterocycles. The quantitative estimate of drug-likeness (QED) is 0.586. The molecule has 0 unspecified atom stereocenters. The van der Waals surface area contributed by atoms with Crippen molar-refractivity contribution >= 4 is 5.91 Å². The van der Waals surface area contributed by atoms with E-state index >= 15 is 0 Å². The summed E-state index contributed by atoms with van der Waals surface area (Å²) in [6.45, 7) is 0. The van der Waals surface area contributed by atoms with Crippen molar-refractivity contribution in [2.24, 2.45) is 5.73 Å². The monoisotopic (exact) mass is 276 g/mol. The highest BCUT2D eigenvalue weighted by Gasteiger charge is 1.96. The summed E-state index contributed by atoms with van der Waals surface area (Å²) in [5, 5.41) is 0. The zero-order valence-electron chi connectivity index (χ0n) is 12.5. The van der Waals surface area contributed by atoms with Crippen LogP contribution in [0.1, 0.15) is 69.8 Å². The van der Waals surface area contributed by atoms with E-state index in [-0.39, 0.29) is 5.91 Å². The lowest BCUT2D eigenvalue weighted by Crippen LogP contribution is -2.09. The molecule has 0 fully saturated rings. The number of carbonyl (C=O) groups is 1. The molecule has 1 aromatic heterocycles. The van der Waals surface area contributed by atoms with Crippen molar-refractivity contribution in [1.29, 1.82) is 0 Å². The molecule has 1 heterocycles. The first-order valence-electron chi connectivity index (χ1n) is 7.96. The fourth-order valence-electron chi connectivity index (χ4n) is 2.41. The normalized spacial score (nSPS) is 10.6. The first-order valence-corrected chi connectivity index (χ1v) is 7.96. The smallest absolute Gasteiger partial charge is 0.217 e. The van der Waals surface area contributed by atoms with E-state index in [0.29, 0.717) is 6.42 Å². The maximum Gasteiger partial charge on any atom is 0.217 e. The van der Waals surface area contributed by atoms with Gasteiger partial charge in [-0.2, -0.15) is 0 Å². The highest BCUT2D eigenvalue weighted by atomic mass is 16.1. The second-order valence-corrected chi connectivity index (χ2v) is 5.51. The van der Waals surface area contributed by atoms with Crippen LogP contribution in [0.15, 0.2) is 24.5 Å². The first-order chi connectivity index (χ1) is 9.79. The number of unbranched alkanes of at least 4 members (excludes halogenated alkanes) is 8. The van der Waals surface area contributed by atoms with Gasteiger partial charge in [-0.25, -0.2) is 0 Å². The van der Waals surface area contributed by atoms with E-state index in [1.807, 2.05) is 18.5 Å². The Kier molecular flexibility index (Phi) is 9.54. The molecular formula is C17H28N2O. The van der Waals surface area contributed by atoms with E-state index in [4.69, 9.17) is 5.73 Å². The van der Waals surface area contributed by atoms with Crippen molar-refractivity contribution in [3.8, 4) is 0 Å². The van der Waals surface area contributed by atoms with Gasteiger partial charge in [0.2, 0.25) is 5.91 Å². The number of aryl methyl sites for hydroxylation is 1. The molecule has 2 N–H and O–H groups in total. The summed E-state index contributed by atoms with van der Waals surface area (Å²) in [6.07, 6.45) is 16.7. The van der Waals surface area contributed by atoms with Gasteiger partial charge in [-0.05, 0) is 30.9 Å². The number of nitrogens with two attached hydrogens (primary N) is 1. The number of rotatable bonds is 12. The summed E-state index contributed by atoms with van der Waals surface area (Å²) in [5.41, 5.74) is 6.45. The molecule has 1 amide bonds. The van der Waals surface area contributed by atoms with E-state index in [9.17, 15) is 4.79 Å². The Morgan fingerprint density at radius 3 is 2.10 bits per heavy atom. The van der Waals surface area contributed by atoms with Crippen LogP contribution in [0, 0.1) is 0 Å². The molecule has 0 saturated carbocycles. The molecule has 0 aliphatic rings. The Morgan fingerprint density at radius 1 is 0.950 bits per heavy atom. The summed E-state index contributed by atoms with van der Waals surface area (Å²) < 4.78 is 0. The molecule has 0 bridgehead atoms. The lowest BCUT2D eigenvalue weighted by atomic mass is 10.0. The Balaban J connectivity index is 1.80. The van der Waals surface area contributed by atoms with Crippen molar-refractivity contribution in [3.05, 3.63) is 30.1 Å². The largest absolute Gasteiger partial charge is 0.370 e. The average molecular weight is 276 g/mol. The molecule has 0 atom stereocenters. The number of pyridine rings is 1. The molecule has 3 heteroatoms. The molecule has 112 valence electrons. The van der Waals surface area contributed by atoms with E-state index in [1.54, 1.807) is 0 Å². The van der Waals surface area contributed by atoms with Gasteiger partial charge in [-0.3, -0.25) is 9.78 Å². The third kappa shape index (κ3) is 9.54. The molecule has 0 aromatic carbocycles. The number of nitrogens with zero attached hydrogens (tertiary/aromatic N) is 1. The van der Waals surface area contributed by atoms with Crippen molar-refractivity contribution in [3.63, 3.8) is 0 Å². The lowest BCUT2D eigenvalue weighted by Gasteiger charge is -2.02. The van der Waals surface area contributed by atoms with E-state index < -0.39 is 0 Å². The number of hydrogen-bond donors (Lipinski definition) is 1. The van der Waals surface area contributed by atoms with Gasteiger partial charge >= 0.3 is 0 Å².